The van der Waals surface area contributed by atoms with Crippen LogP contribution in [0.3, 0.4) is 0 Å². The Morgan fingerprint density at radius 3 is 2.73 bits per heavy atom. The van der Waals surface area contributed by atoms with Crippen LogP contribution in [0.25, 0.3) is 5.69 Å². The average Bonchev–Trinajstić information content (AvgIpc) is 2.68. The van der Waals surface area contributed by atoms with Crippen molar-refractivity contribution in [3.63, 3.8) is 0 Å². The maximum Gasteiger partial charge on any atom is 0.207 e. The maximum absolute atomic E-state index is 4.24. The van der Waals surface area contributed by atoms with Gasteiger partial charge in [-0.15, -0.1) is 0 Å². The normalized spacial score (nSPS) is 10.3. The van der Waals surface area contributed by atoms with Gasteiger partial charge in [0.15, 0.2) is 0 Å². The molecule has 1 aromatic carbocycles. The van der Waals surface area contributed by atoms with Gasteiger partial charge in [-0.2, -0.15) is 0 Å². The number of hydrogen-bond donors (Lipinski definition) is 1. The first-order valence-corrected chi connectivity index (χ1v) is 5.63. The molecule has 0 aliphatic heterocycles. The number of aromatic nitrogens is 2. The summed E-state index contributed by atoms with van der Waals surface area (Å²) in [5.74, 6) is 0.875. The minimum atomic E-state index is 0.869. The van der Waals surface area contributed by atoms with Crippen molar-refractivity contribution in [3.8, 4) is 5.69 Å². The Labute approximate surface area is 97.3 Å². The number of anilines is 1. The van der Waals surface area contributed by atoms with E-state index in [9.17, 15) is 0 Å². The van der Waals surface area contributed by atoms with E-state index in [-0.39, 0.29) is 0 Å². The number of nitrogens with zero attached hydrogens (tertiary/aromatic N) is 2. The highest BCUT2D eigenvalue weighted by molar-refractivity contribution is 9.10. The van der Waals surface area contributed by atoms with Crippen LogP contribution in [0.5, 0.6) is 0 Å². The second-order valence-electron chi connectivity index (χ2n) is 3.13. The first kappa shape index (κ1) is 10.2. The zero-order chi connectivity index (χ0) is 10.7. The summed E-state index contributed by atoms with van der Waals surface area (Å²) in [6, 6.07) is 8.13. The number of nitrogens with one attached hydrogen (secondary N) is 1. The molecule has 0 fully saturated rings. The summed E-state index contributed by atoms with van der Waals surface area (Å²) in [5.41, 5.74) is 1.10. The van der Waals surface area contributed by atoms with Crippen LogP contribution in [-0.2, 0) is 0 Å². The molecule has 4 heteroatoms. The van der Waals surface area contributed by atoms with E-state index in [2.05, 4.69) is 33.2 Å². The summed E-state index contributed by atoms with van der Waals surface area (Å²) >= 11 is 3.42. The molecule has 0 radical (unpaired) electrons. The molecule has 0 aliphatic rings. The lowest BCUT2D eigenvalue weighted by Crippen LogP contribution is -2.04. The molecule has 0 atom stereocenters. The van der Waals surface area contributed by atoms with Crippen molar-refractivity contribution in [1.29, 1.82) is 0 Å². The Balaban J connectivity index is 2.36. The maximum atomic E-state index is 4.24. The van der Waals surface area contributed by atoms with Crippen LogP contribution in [0.2, 0.25) is 0 Å². The fourth-order valence-corrected chi connectivity index (χ4v) is 1.67. The summed E-state index contributed by atoms with van der Waals surface area (Å²) in [6.07, 6.45) is 3.74. The molecule has 78 valence electrons. The van der Waals surface area contributed by atoms with E-state index >= 15 is 0 Å². The molecule has 0 amide bonds. The SMILES string of the molecule is CCNc1nccn1-c1ccc(Br)cc1. The zero-order valence-corrected chi connectivity index (χ0v) is 10.0. The fourth-order valence-electron chi connectivity index (χ4n) is 1.40. The molecule has 0 spiro atoms. The Hall–Kier alpha value is -1.29. The summed E-state index contributed by atoms with van der Waals surface area (Å²) in [7, 11) is 0. The Morgan fingerprint density at radius 2 is 2.07 bits per heavy atom. The van der Waals surface area contributed by atoms with Gasteiger partial charge in [0.05, 0.1) is 0 Å². The van der Waals surface area contributed by atoms with Crippen molar-refractivity contribution >= 4 is 21.9 Å². The number of benzene rings is 1. The van der Waals surface area contributed by atoms with Crippen molar-refractivity contribution in [3.05, 3.63) is 41.1 Å². The van der Waals surface area contributed by atoms with Crippen molar-refractivity contribution < 1.29 is 0 Å². The number of rotatable bonds is 3. The highest BCUT2D eigenvalue weighted by Gasteiger charge is 2.02. The lowest BCUT2D eigenvalue weighted by atomic mass is 10.3. The van der Waals surface area contributed by atoms with E-state index in [0.29, 0.717) is 0 Å². The van der Waals surface area contributed by atoms with Gasteiger partial charge in [0.25, 0.3) is 0 Å². The topological polar surface area (TPSA) is 29.9 Å². The van der Waals surface area contributed by atoms with Crippen LogP contribution in [0.15, 0.2) is 41.1 Å². The third-order valence-electron chi connectivity index (χ3n) is 2.08. The van der Waals surface area contributed by atoms with Gasteiger partial charge in [0.2, 0.25) is 5.95 Å². The zero-order valence-electron chi connectivity index (χ0n) is 8.44. The van der Waals surface area contributed by atoms with Crippen molar-refractivity contribution in [1.82, 2.24) is 9.55 Å². The highest BCUT2D eigenvalue weighted by atomic mass is 79.9. The Bertz CT molecular complexity index is 433. The van der Waals surface area contributed by atoms with Gasteiger partial charge in [-0.3, -0.25) is 4.57 Å². The van der Waals surface area contributed by atoms with Gasteiger partial charge < -0.3 is 5.32 Å². The van der Waals surface area contributed by atoms with Crippen LogP contribution >= 0.6 is 15.9 Å². The average molecular weight is 266 g/mol. The summed E-state index contributed by atoms with van der Waals surface area (Å²) in [4.78, 5) is 4.24. The molecule has 1 aromatic heterocycles. The van der Waals surface area contributed by atoms with Gasteiger partial charge in [-0.1, -0.05) is 15.9 Å². The van der Waals surface area contributed by atoms with E-state index in [0.717, 1.165) is 22.7 Å². The second kappa shape index (κ2) is 4.49. The van der Waals surface area contributed by atoms with Gasteiger partial charge in [-0.25, -0.2) is 4.98 Å². The van der Waals surface area contributed by atoms with Crippen LogP contribution in [0.1, 0.15) is 6.92 Å². The fraction of sp³-hybridized carbons (Fsp3) is 0.182. The molecule has 0 unspecified atom stereocenters. The monoisotopic (exact) mass is 265 g/mol. The van der Waals surface area contributed by atoms with E-state index in [1.807, 2.05) is 35.0 Å². The molecule has 0 aliphatic carbocycles. The molecule has 0 bridgehead atoms. The molecule has 2 aromatic rings. The second-order valence-corrected chi connectivity index (χ2v) is 4.04. The molecule has 1 N–H and O–H groups in total. The van der Waals surface area contributed by atoms with E-state index in [4.69, 9.17) is 0 Å². The van der Waals surface area contributed by atoms with Crippen molar-refractivity contribution in [2.24, 2.45) is 0 Å². The van der Waals surface area contributed by atoms with Crippen LogP contribution < -0.4 is 5.32 Å². The molecule has 0 saturated carbocycles. The standard InChI is InChI=1S/C11H12BrN3/c1-2-13-11-14-7-8-15(11)10-5-3-9(12)4-6-10/h3-8H,2H2,1H3,(H,13,14). The molecule has 3 nitrogen and oxygen atoms in total. The third-order valence-corrected chi connectivity index (χ3v) is 2.61. The predicted octanol–water partition coefficient (Wildman–Crippen LogP) is 3.07. The number of hydrogen-bond acceptors (Lipinski definition) is 2. The van der Waals surface area contributed by atoms with Gasteiger partial charge in [-0.05, 0) is 31.2 Å². The van der Waals surface area contributed by atoms with Crippen LogP contribution in [0, 0.1) is 0 Å². The minimum absolute atomic E-state index is 0.869. The first-order valence-electron chi connectivity index (χ1n) is 4.84. The molecule has 15 heavy (non-hydrogen) atoms. The number of imidazole rings is 1. The van der Waals surface area contributed by atoms with E-state index in [1.165, 1.54) is 0 Å². The van der Waals surface area contributed by atoms with Crippen LogP contribution in [0.4, 0.5) is 5.95 Å². The largest absolute Gasteiger partial charge is 0.356 e. The first-order chi connectivity index (χ1) is 7.31. The van der Waals surface area contributed by atoms with Gasteiger partial charge >= 0.3 is 0 Å². The van der Waals surface area contributed by atoms with E-state index < -0.39 is 0 Å². The molecule has 2 rings (SSSR count). The van der Waals surface area contributed by atoms with Crippen molar-refractivity contribution in [2.45, 2.75) is 6.92 Å². The quantitative estimate of drug-likeness (QED) is 0.925. The number of halogens is 1. The lowest BCUT2D eigenvalue weighted by molar-refractivity contribution is 1.02. The molecule has 1 heterocycles. The molecular formula is C11H12BrN3. The molecule has 0 saturated heterocycles. The van der Waals surface area contributed by atoms with Gasteiger partial charge in [0, 0.05) is 29.1 Å². The Morgan fingerprint density at radius 1 is 1.33 bits per heavy atom. The smallest absolute Gasteiger partial charge is 0.207 e. The van der Waals surface area contributed by atoms with E-state index in [1.54, 1.807) is 6.20 Å². The summed E-state index contributed by atoms with van der Waals surface area (Å²) in [5, 5.41) is 3.21. The highest BCUT2D eigenvalue weighted by Crippen LogP contribution is 2.17. The van der Waals surface area contributed by atoms with Crippen molar-refractivity contribution in [2.75, 3.05) is 11.9 Å². The predicted molar refractivity (Wildman–Crippen MR) is 65.4 cm³/mol. The molecular weight excluding hydrogens is 254 g/mol. The van der Waals surface area contributed by atoms with Crippen LogP contribution in [-0.4, -0.2) is 16.1 Å². The van der Waals surface area contributed by atoms with Gasteiger partial charge in [0.1, 0.15) is 0 Å². The summed E-state index contributed by atoms with van der Waals surface area (Å²) in [6.45, 7) is 2.92. The minimum Gasteiger partial charge on any atom is -0.356 e. The summed E-state index contributed by atoms with van der Waals surface area (Å²) < 4.78 is 3.10. The third kappa shape index (κ3) is 2.21. The lowest BCUT2D eigenvalue weighted by Gasteiger charge is -2.08. The Kier molecular flexibility index (Phi) is 3.06.